The highest BCUT2D eigenvalue weighted by molar-refractivity contribution is 7.09. The molecule has 4 nitrogen and oxygen atoms in total. The van der Waals surface area contributed by atoms with Crippen molar-refractivity contribution in [3.8, 4) is 0 Å². The van der Waals surface area contributed by atoms with Gasteiger partial charge >= 0.3 is 0 Å². The van der Waals surface area contributed by atoms with Crippen LogP contribution in [0.3, 0.4) is 0 Å². The van der Waals surface area contributed by atoms with Crippen molar-refractivity contribution < 1.29 is 9.53 Å². The third-order valence-corrected chi connectivity index (χ3v) is 5.20. The molecule has 0 spiro atoms. The first-order valence-corrected chi connectivity index (χ1v) is 9.14. The molecule has 3 rings (SSSR count). The van der Waals surface area contributed by atoms with Crippen LogP contribution in [-0.4, -0.2) is 23.0 Å². The number of ether oxygens (including phenoxy) is 1. The lowest BCUT2D eigenvalue weighted by molar-refractivity contribution is -0.128. The van der Waals surface area contributed by atoms with E-state index in [0.29, 0.717) is 23.1 Å². The van der Waals surface area contributed by atoms with Crippen molar-refractivity contribution in [3.05, 3.63) is 80.0 Å². The number of aromatic nitrogens is 2. The molecule has 2 heterocycles. The maximum absolute atomic E-state index is 10.7. The molecule has 3 aromatic rings. The summed E-state index contributed by atoms with van der Waals surface area (Å²) in [7, 11) is 0. The van der Waals surface area contributed by atoms with Gasteiger partial charge in [-0.05, 0) is 35.4 Å². The molecule has 1 aromatic carbocycles. The van der Waals surface area contributed by atoms with E-state index in [9.17, 15) is 4.79 Å². The fraction of sp³-hybridized carbons (Fsp3) is 0.167. The Morgan fingerprint density at radius 2 is 1.96 bits per heavy atom. The van der Waals surface area contributed by atoms with Crippen molar-refractivity contribution in [1.29, 1.82) is 0 Å². The number of carbonyl (C=O) groups excluding carboxylic acids is 1. The predicted molar refractivity (Wildman–Crippen MR) is 99.5 cm³/mol. The first-order chi connectivity index (χ1) is 12.2. The summed E-state index contributed by atoms with van der Waals surface area (Å²) in [6, 6.07) is 11.3. The molecular formula is C18H14Cl2N2O2S. The molecule has 0 aliphatic rings. The van der Waals surface area contributed by atoms with Gasteiger partial charge in [0.05, 0.1) is 17.1 Å². The average molecular weight is 393 g/mol. The Hall–Kier alpha value is -1.95. The van der Waals surface area contributed by atoms with Crippen molar-refractivity contribution in [3.63, 3.8) is 0 Å². The fourth-order valence-corrected chi connectivity index (χ4v) is 3.81. The standard InChI is InChI=1S/C18H14Cl2N2O2S/c19-14-3-1-12(2-4-14)7-16-18(25-10-22-16)15(9-24-11-23)13-5-6-21-17(20)8-13/h1-6,8,10-11,15H,7,9H2. The number of hydrogen-bond acceptors (Lipinski definition) is 5. The van der Waals surface area contributed by atoms with Gasteiger partial charge < -0.3 is 4.74 Å². The predicted octanol–water partition coefficient (Wildman–Crippen LogP) is 4.74. The summed E-state index contributed by atoms with van der Waals surface area (Å²) in [5.41, 5.74) is 4.79. The number of halogens is 2. The molecule has 0 radical (unpaired) electrons. The molecule has 0 N–H and O–H groups in total. The summed E-state index contributed by atoms with van der Waals surface area (Å²) in [4.78, 5) is 20.3. The smallest absolute Gasteiger partial charge is 0.293 e. The second-order valence-electron chi connectivity index (χ2n) is 5.36. The molecule has 0 aliphatic carbocycles. The third kappa shape index (κ3) is 4.57. The van der Waals surface area contributed by atoms with Crippen LogP contribution in [0.1, 0.15) is 27.6 Å². The molecule has 0 bridgehead atoms. The summed E-state index contributed by atoms with van der Waals surface area (Å²) in [5, 5.41) is 1.10. The van der Waals surface area contributed by atoms with Crippen molar-refractivity contribution in [2.24, 2.45) is 0 Å². The number of carbonyl (C=O) groups is 1. The lowest BCUT2D eigenvalue weighted by Crippen LogP contribution is -2.10. The van der Waals surface area contributed by atoms with Gasteiger partial charge in [0.2, 0.25) is 0 Å². The van der Waals surface area contributed by atoms with Crippen LogP contribution in [0.2, 0.25) is 10.2 Å². The summed E-state index contributed by atoms with van der Waals surface area (Å²) in [6.07, 6.45) is 2.32. The van der Waals surface area contributed by atoms with E-state index in [4.69, 9.17) is 27.9 Å². The summed E-state index contributed by atoms with van der Waals surface area (Å²) >= 11 is 13.5. The van der Waals surface area contributed by atoms with Crippen molar-refractivity contribution in [1.82, 2.24) is 9.97 Å². The second-order valence-corrected chi connectivity index (χ2v) is 7.07. The van der Waals surface area contributed by atoms with Crippen LogP contribution >= 0.6 is 34.5 Å². The second kappa shape index (κ2) is 8.43. The van der Waals surface area contributed by atoms with Crippen LogP contribution in [0.25, 0.3) is 0 Å². The highest BCUT2D eigenvalue weighted by Gasteiger charge is 2.21. The minimum atomic E-state index is -0.138. The molecule has 25 heavy (non-hydrogen) atoms. The van der Waals surface area contributed by atoms with E-state index >= 15 is 0 Å². The van der Waals surface area contributed by atoms with Gasteiger partial charge in [0, 0.05) is 22.5 Å². The van der Waals surface area contributed by atoms with E-state index in [-0.39, 0.29) is 12.5 Å². The molecule has 7 heteroatoms. The number of nitrogens with zero attached hydrogens (tertiary/aromatic N) is 2. The molecule has 0 saturated carbocycles. The largest absolute Gasteiger partial charge is 0.467 e. The zero-order valence-electron chi connectivity index (χ0n) is 13.1. The molecule has 0 amide bonds. The Bertz CT molecular complexity index is 852. The van der Waals surface area contributed by atoms with E-state index in [1.807, 2.05) is 30.3 Å². The molecule has 1 atom stereocenters. The number of hydrogen-bond donors (Lipinski definition) is 0. The Labute approximate surface area is 159 Å². The number of rotatable bonds is 7. The van der Waals surface area contributed by atoms with Gasteiger partial charge in [0.25, 0.3) is 6.47 Å². The first kappa shape index (κ1) is 17.9. The number of pyridine rings is 1. The summed E-state index contributed by atoms with van der Waals surface area (Å²) in [6.45, 7) is 0.676. The number of thiazole rings is 1. The van der Waals surface area contributed by atoms with E-state index < -0.39 is 0 Å². The molecule has 2 aromatic heterocycles. The van der Waals surface area contributed by atoms with Gasteiger partial charge in [-0.3, -0.25) is 4.79 Å². The van der Waals surface area contributed by atoms with Crippen LogP contribution in [0.15, 0.2) is 48.1 Å². The molecule has 0 aliphatic heterocycles. The maximum atomic E-state index is 10.7. The lowest BCUT2D eigenvalue weighted by atomic mass is 9.96. The van der Waals surface area contributed by atoms with Gasteiger partial charge in [0.1, 0.15) is 11.8 Å². The maximum Gasteiger partial charge on any atom is 0.293 e. The average Bonchev–Trinajstić information content (AvgIpc) is 3.05. The Kier molecular flexibility index (Phi) is 6.02. The Morgan fingerprint density at radius 3 is 2.68 bits per heavy atom. The summed E-state index contributed by atoms with van der Waals surface area (Å²) in [5.74, 6) is -0.138. The van der Waals surface area contributed by atoms with E-state index in [0.717, 1.165) is 21.7 Å². The van der Waals surface area contributed by atoms with Gasteiger partial charge in [-0.25, -0.2) is 9.97 Å². The molecule has 128 valence electrons. The quantitative estimate of drug-likeness (QED) is 0.430. The van der Waals surface area contributed by atoms with Crippen LogP contribution in [0, 0.1) is 0 Å². The monoisotopic (exact) mass is 392 g/mol. The highest BCUT2D eigenvalue weighted by Crippen LogP contribution is 2.32. The highest BCUT2D eigenvalue weighted by atomic mass is 35.5. The summed E-state index contributed by atoms with van der Waals surface area (Å²) < 4.78 is 5.05. The Morgan fingerprint density at radius 1 is 1.16 bits per heavy atom. The fourth-order valence-electron chi connectivity index (χ4n) is 2.58. The van der Waals surface area contributed by atoms with Crippen LogP contribution in [0.4, 0.5) is 0 Å². The van der Waals surface area contributed by atoms with Gasteiger partial charge in [-0.2, -0.15) is 0 Å². The van der Waals surface area contributed by atoms with E-state index in [1.165, 1.54) is 11.3 Å². The minimum absolute atomic E-state index is 0.138. The van der Waals surface area contributed by atoms with Gasteiger partial charge in [-0.15, -0.1) is 11.3 Å². The zero-order chi connectivity index (χ0) is 17.6. The molecule has 0 saturated heterocycles. The zero-order valence-corrected chi connectivity index (χ0v) is 15.4. The molecule has 1 unspecified atom stereocenters. The molecular weight excluding hydrogens is 379 g/mol. The van der Waals surface area contributed by atoms with Crippen molar-refractivity contribution in [2.75, 3.05) is 6.61 Å². The first-order valence-electron chi connectivity index (χ1n) is 7.50. The number of benzene rings is 1. The normalized spacial score (nSPS) is 11.9. The third-order valence-electron chi connectivity index (χ3n) is 3.76. The van der Waals surface area contributed by atoms with Gasteiger partial charge in [-0.1, -0.05) is 35.3 Å². The lowest BCUT2D eigenvalue weighted by Gasteiger charge is -2.16. The molecule has 0 fully saturated rings. The SMILES string of the molecule is O=COCC(c1ccnc(Cl)c1)c1scnc1Cc1ccc(Cl)cc1. The topological polar surface area (TPSA) is 52.1 Å². The van der Waals surface area contributed by atoms with Crippen molar-refractivity contribution >= 4 is 41.0 Å². The van der Waals surface area contributed by atoms with Crippen LogP contribution in [-0.2, 0) is 16.0 Å². The van der Waals surface area contributed by atoms with Gasteiger partial charge in [0.15, 0.2) is 0 Å². The van der Waals surface area contributed by atoms with Crippen molar-refractivity contribution in [2.45, 2.75) is 12.3 Å². The van der Waals surface area contributed by atoms with Crippen LogP contribution in [0.5, 0.6) is 0 Å². The van der Waals surface area contributed by atoms with E-state index in [2.05, 4.69) is 9.97 Å². The minimum Gasteiger partial charge on any atom is -0.467 e. The van der Waals surface area contributed by atoms with Crippen LogP contribution < -0.4 is 0 Å². The van der Waals surface area contributed by atoms with E-state index in [1.54, 1.807) is 17.8 Å². The Balaban J connectivity index is 1.92.